The second-order valence-corrected chi connectivity index (χ2v) is 30.7. The summed E-state index contributed by atoms with van der Waals surface area (Å²) < 4.78 is 130. The molecule has 17 nitrogen and oxygen atoms in total. The molecule has 6 heterocycles. The third-order valence-corrected chi connectivity index (χ3v) is 26.6. The minimum atomic E-state index is -4.04. The van der Waals surface area contributed by atoms with E-state index in [0.29, 0.717) is 73.1 Å². The Morgan fingerprint density at radius 3 is 1.47 bits per heavy atom. The Morgan fingerprint density at radius 1 is 0.462 bits per heavy atom. The third-order valence-electron chi connectivity index (χ3n) is 17.4. The van der Waals surface area contributed by atoms with Crippen LogP contribution in [0.15, 0.2) is 117 Å². The molecule has 0 atom stereocenters. The Hall–Kier alpha value is -5.58. The molecular weight excluding hydrogens is 1110 g/mol. The SMILES string of the molecule is O=S(=O)(c1cccc2c1C1=NC2=Nc2c3c(S(=O)(=O)C4CCCCC4)cccc3c3nc4c5c(S(=O)(=O)C6CCCCC6)cccc5c([n+]-4on23)N=c2[n-]c(c3cccc(S(=O)(=O)C4CCCCC4)c23)=N1)C1CCCCC1.[V]. The van der Waals surface area contributed by atoms with E-state index in [2.05, 4.69) is 0 Å². The Labute approximate surface area is 463 Å². The largest absolute Gasteiger partial charge is 0.357 e. The first-order chi connectivity index (χ1) is 37.2. The molecular formula is C56H56N8O9S4V. The standard InChI is InChI=1S/C56H56N8O9S4.V/c65-74(66,33-17-5-1-6-18-33)41-29-14-26-38-45(41)51-57-49-37-25-13-30-42(75(67,68)34-19-7-2-8-20-34)46(37)52(58-49)61-53-39-27-15-32-44(77(71,72)36-23-11-4-12-24-36)48(39)56-62-54-40-28-16-31-43(76(69,70)35-21-9-3-10-22-35)47(40)55(60-50(38)59-51)64(54)73-63(53)56;/h13-16,25-36H,1-12,17-24H2;. The predicted molar refractivity (Wildman–Crippen MR) is 290 cm³/mol. The number of aromatic nitrogens is 4. The first-order valence-electron chi connectivity index (χ1n) is 27.3. The van der Waals surface area contributed by atoms with E-state index >= 15 is 25.3 Å². The maximum absolute atomic E-state index is 15.1. The number of fused-ring (bicyclic) bond motifs is 15. The minimum Gasteiger partial charge on any atom is -0.357 e. The topological polar surface area (TPSA) is 234 Å². The van der Waals surface area contributed by atoms with Crippen LogP contribution in [0.3, 0.4) is 0 Å². The van der Waals surface area contributed by atoms with E-state index in [9.17, 15) is 8.42 Å². The zero-order valence-corrected chi connectivity index (χ0v) is 47.4. The van der Waals surface area contributed by atoms with Crippen molar-refractivity contribution in [3.63, 3.8) is 0 Å². The van der Waals surface area contributed by atoms with Crippen LogP contribution in [0.4, 0.5) is 11.6 Å². The first kappa shape index (κ1) is 51.8. The van der Waals surface area contributed by atoms with Gasteiger partial charge in [0.2, 0.25) is 5.82 Å². The molecule has 4 aliphatic heterocycles. The van der Waals surface area contributed by atoms with Crippen molar-refractivity contribution < 1.29 is 61.6 Å². The first-order valence-corrected chi connectivity index (χ1v) is 33.5. The van der Waals surface area contributed by atoms with Crippen LogP contribution in [0.25, 0.3) is 43.8 Å². The van der Waals surface area contributed by atoms with Crippen LogP contribution < -0.4 is 20.7 Å². The van der Waals surface area contributed by atoms with Gasteiger partial charge in [-0.25, -0.2) is 38.7 Å². The van der Waals surface area contributed by atoms with Crippen LogP contribution in [0.5, 0.6) is 0 Å². The maximum Gasteiger partial charge on any atom is 0.282 e. The molecule has 4 saturated carbocycles. The predicted octanol–water partition coefficient (Wildman–Crippen LogP) is 8.90. The monoisotopic (exact) mass is 1160 g/mol. The number of hydrogen-bond donors (Lipinski definition) is 0. The molecule has 0 spiro atoms. The van der Waals surface area contributed by atoms with Crippen LogP contribution in [-0.4, -0.2) is 75.9 Å². The Balaban J connectivity index is 0.00000579. The van der Waals surface area contributed by atoms with Gasteiger partial charge in [-0.05, 0) is 91.7 Å². The summed E-state index contributed by atoms with van der Waals surface area (Å²) in [6.07, 6.45) is 13.7. The second kappa shape index (κ2) is 19.3. The molecule has 0 N–H and O–H groups in total. The molecule has 4 aromatic carbocycles. The fourth-order valence-corrected chi connectivity index (χ4v) is 21.7. The van der Waals surface area contributed by atoms with E-state index in [4.69, 9.17) is 34.6 Å². The molecule has 6 aromatic rings. The summed E-state index contributed by atoms with van der Waals surface area (Å²) in [4.78, 5) is 31.0. The quantitative estimate of drug-likeness (QED) is 0.130. The summed E-state index contributed by atoms with van der Waals surface area (Å²) in [5.74, 6) is 0.0550. The van der Waals surface area contributed by atoms with Gasteiger partial charge in [-0.3, -0.25) is 0 Å². The average Bonchev–Trinajstić information content (AvgIpc) is 4.39. The molecule has 0 unspecified atom stereocenters. The van der Waals surface area contributed by atoms with Crippen molar-refractivity contribution in [2.75, 3.05) is 0 Å². The van der Waals surface area contributed by atoms with Crippen molar-refractivity contribution in [1.29, 1.82) is 0 Å². The van der Waals surface area contributed by atoms with Crippen LogP contribution in [-0.2, 0) is 57.9 Å². The van der Waals surface area contributed by atoms with Gasteiger partial charge in [-0.2, -0.15) is 9.62 Å². The Bertz CT molecular complexity index is 4470. The molecule has 4 aliphatic carbocycles. The van der Waals surface area contributed by atoms with Crippen molar-refractivity contribution >= 4 is 101 Å². The van der Waals surface area contributed by atoms with E-state index in [1.165, 1.54) is 9.31 Å². The molecule has 403 valence electrons. The number of rotatable bonds is 8. The summed E-state index contributed by atoms with van der Waals surface area (Å²) in [6, 6.07) is 19.7. The summed E-state index contributed by atoms with van der Waals surface area (Å²) in [5, 5.41) is -1.06. The number of benzene rings is 4. The number of amidine groups is 2. The third kappa shape index (κ3) is 7.97. The van der Waals surface area contributed by atoms with Gasteiger partial charge < -0.3 is 15.0 Å². The van der Waals surface area contributed by atoms with Gasteiger partial charge in [0.05, 0.1) is 62.6 Å². The molecule has 78 heavy (non-hydrogen) atoms. The van der Waals surface area contributed by atoms with Crippen LogP contribution >= 0.6 is 0 Å². The number of nitrogens with zero attached hydrogens (tertiary/aromatic N) is 8. The van der Waals surface area contributed by atoms with Crippen molar-refractivity contribution in [3.8, 4) is 5.82 Å². The van der Waals surface area contributed by atoms with E-state index in [1.54, 1.807) is 72.8 Å². The molecule has 0 saturated heterocycles. The van der Waals surface area contributed by atoms with Crippen molar-refractivity contribution in [2.24, 2.45) is 20.0 Å². The molecule has 6 bridgehead atoms. The van der Waals surface area contributed by atoms with Gasteiger partial charge >= 0.3 is 0 Å². The van der Waals surface area contributed by atoms with Crippen LogP contribution in [0, 0.1) is 0 Å². The van der Waals surface area contributed by atoms with E-state index in [0.717, 1.165) is 77.0 Å². The van der Waals surface area contributed by atoms with Gasteiger partial charge in [0.25, 0.3) is 11.5 Å². The smallest absolute Gasteiger partial charge is 0.282 e. The van der Waals surface area contributed by atoms with Gasteiger partial charge in [-0.15, -0.1) is 0 Å². The van der Waals surface area contributed by atoms with E-state index in [-0.39, 0.29) is 106 Å². The van der Waals surface area contributed by atoms with Crippen LogP contribution in [0.2, 0.25) is 0 Å². The minimum absolute atomic E-state index is 0. The Kier molecular flexibility index (Phi) is 12.8. The van der Waals surface area contributed by atoms with Crippen molar-refractivity contribution in [2.45, 2.75) is 169 Å². The zero-order valence-electron chi connectivity index (χ0n) is 42.7. The molecule has 14 rings (SSSR count). The van der Waals surface area contributed by atoms with Crippen molar-refractivity contribution in [3.05, 3.63) is 94.9 Å². The number of aliphatic imine (C=N–C) groups is 2. The fraction of sp³-hybridized carbons (Fsp3) is 0.429. The number of hydrogen-bond acceptors (Lipinski definition) is 14. The molecule has 2 aromatic heterocycles. The number of sulfone groups is 4. The van der Waals surface area contributed by atoms with Gasteiger partial charge in [0.1, 0.15) is 0 Å². The van der Waals surface area contributed by atoms with Gasteiger partial charge in [0, 0.05) is 51.4 Å². The summed E-state index contributed by atoms with van der Waals surface area (Å²) in [7, 11) is -16.1. The van der Waals surface area contributed by atoms with Gasteiger partial charge in [0.15, 0.2) is 51.0 Å². The van der Waals surface area contributed by atoms with Crippen molar-refractivity contribution in [1.82, 2.24) is 14.5 Å². The molecule has 22 heteroatoms. The van der Waals surface area contributed by atoms with Gasteiger partial charge in [-0.1, -0.05) is 129 Å². The Morgan fingerprint density at radius 2 is 0.923 bits per heavy atom. The molecule has 8 aliphatic rings. The fourth-order valence-electron chi connectivity index (χ4n) is 13.4. The van der Waals surface area contributed by atoms with Crippen LogP contribution in [0.1, 0.15) is 140 Å². The normalized spacial score (nSPS) is 19.5. The molecule has 4 fully saturated rings. The summed E-state index contributed by atoms with van der Waals surface area (Å²) >= 11 is 0. The maximum atomic E-state index is 15.1. The molecule has 1 radical (unpaired) electrons. The van der Waals surface area contributed by atoms with E-state index < -0.39 is 60.3 Å². The molecule has 0 amide bonds. The average molecular weight is 1160 g/mol. The van der Waals surface area contributed by atoms with E-state index in [1.807, 2.05) is 0 Å². The zero-order chi connectivity index (χ0) is 52.6. The summed E-state index contributed by atoms with van der Waals surface area (Å²) in [6.45, 7) is 0. The second-order valence-electron chi connectivity index (χ2n) is 21.9. The summed E-state index contributed by atoms with van der Waals surface area (Å²) in [5.41, 5.74) is 0.583.